The second-order valence-electron chi connectivity index (χ2n) is 5.23. The number of hydrogen-bond acceptors (Lipinski definition) is 3. The molecule has 1 aromatic rings. The Bertz CT molecular complexity index is 494. The van der Waals surface area contributed by atoms with E-state index in [9.17, 15) is 9.18 Å². The van der Waals surface area contributed by atoms with Crippen molar-refractivity contribution in [2.75, 3.05) is 10.6 Å². The molecule has 5 heteroatoms. The van der Waals surface area contributed by atoms with Crippen LogP contribution in [0.25, 0.3) is 0 Å². The molecule has 0 saturated carbocycles. The predicted molar refractivity (Wildman–Crippen MR) is 73.0 cm³/mol. The summed E-state index contributed by atoms with van der Waals surface area (Å²) in [5, 5.41) is 9.09. The van der Waals surface area contributed by atoms with Gasteiger partial charge in [0, 0.05) is 17.8 Å². The summed E-state index contributed by atoms with van der Waals surface area (Å²) in [6, 6.07) is 2.85. The highest BCUT2D eigenvalue weighted by Gasteiger charge is 2.28. The molecule has 0 aliphatic carbocycles. The Kier molecular flexibility index (Phi) is 3.64. The fourth-order valence-corrected chi connectivity index (χ4v) is 2.86. The molecule has 1 aliphatic heterocycles. The molecule has 1 heterocycles. The van der Waals surface area contributed by atoms with E-state index in [1.165, 1.54) is 6.07 Å². The number of aromatic carboxylic acids is 1. The number of benzene rings is 1. The van der Waals surface area contributed by atoms with Gasteiger partial charge >= 0.3 is 5.97 Å². The van der Waals surface area contributed by atoms with Gasteiger partial charge in [-0.05, 0) is 45.2 Å². The van der Waals surface area contributed by atoms with E-state index < -0.39 is 11.8 Å². The molecule has 19 heavy (non-hydrogen) atoms. The number of hydrogen-bond donors (Lipinski definition) is 2. The van der Waals surface area contributed by atoms with Crippen molar-refractivity contribution in [1.82, 2.24) is 0 Å². The Morgan fingerprint density at radius 1 is 1.37 bits per heavy atom. The third-order valence-electron chi connectivity index (χ3n) is 3.82. The lowest BCUT2D eigenvalue weighted by molar-refractivity contribution is 0.0698. The third-order valence-corrected chi connectivity index (χ3v) is 3.82. The van der Waals surface area contributed by atoms with Crippen LogP contribution in [-0.4, -0.2) is 23.2 Å². The first-order valence-electron chi connectivity index (χ1n) is 6.52. The normalized spacial score (nSPS) is 23.4. The largest absolute Gasteiger partial charge is 0.478 e. The van der Waals surface area contributed by atoms with Gasteiger partial charge in [0.2, 0.25) is 0 Å². The molecular formula is C14H19FN2O2. The molecule has 3 N–H and O–H groups in total. The van der Waals surface area contributed by atoms with E-state index >= 15 is 0 Å². The molecule has 0 amide bonds. The Morgan fingerprint density at radius 3 is 2.47 bits per heavy atom. The quantitative estimate of drug-likeness (QED) is 0.808. The van der Waals surface area contributed by atoms with E-state index in [1.807, 2.05) is 18.7 Å². The van der Waals surface area contributed by atoms with Gasteiger partial charge in [-0.1, -0.05) is 0 Å². The maximum atomic E-state index is 14.1. The summed E-state index contributed by atoms with van der Waals surface area (Å²) < 4.78 is 14.1. The number of anilines is 2. The SMILES string of the molecule is CC1CCCC(C)N1c1cc(C(=O)O)c(N)cc1F. The van der Waals surface area contributed by atoms with E-state index in [-0.39, 0.29) is 23.3 Å². The van der Waals surface area contributed by atoms with Crippen LogP contribution in [0.15, 0.2) is 12.1 Å². The summed E-state index contributed by atoms with van der Waals surface area (Å²) in [4.78, 5) is 13.1. The molecule has 2 atom stereocenters. The Balaban J connectivity index is 2.48. The summed E-state index contributed by atoms with van der Waals surface area (Å²) >= 11 is 0. The molecular weight excluding hydrogens is 247 g/mol. The lowest BCUT2D eigenvalue weighted by atomic mass is 9.96. The number of nitrogen functional groups attached to an aromatic ring is 1. The number of carboxylic acid groups (broad SMARTS) is 1. The first-order valence-corrected chi connectivity index (χ1v) is 6.52. The van der Waals surface area contributed by atoms with E-state index in [0.29, 0.717) is 5.69 Å². The van der Waals surface area contributed by atoms with Crippen molar-refractivity contribution in [2.45, 2.75) is 45.2 Å². The van der Waals surface area contributed by atoms with E-state index in [2.05, 4.69) is 0 Å². The van der Waals surface area contributed by atoms with Crippen LogP contribution in [0.4, 0.5) is 15.8 Å². The second kappa shape index (κ2) is 5.07. The van der Waals surface area contributed by atoms with Gasteiger partial charge in [0.05, 0.1) is 11.3 Å². The van der Waals surface area contributed by atoms with Gasteiger partial charge in [-0.2, -0.15) is 0 Å². The molecule has 1 fully saturated rings. The molecule has 0 bridgehead atoms. The van der Waals surface area contributed by atoms with Crippen LogP contribution in [-0.2, 0) is 0 Å². The average Bonchev–Trinajstić information content (AvgIpc) is 2.30. The zero-order valence-electron chi connectivity index (χ0n) is 11.2. The van der Waals surface area contributed by atoms with Crippen LogP contribution in [0.1, 0.15) is 43.5 Å². The number of nitrogens with zero attached hydrogens (tertiary/aromatic N) is 1. The van der Waals surface area contributed by atoms with E-state index in [4.69, 9.17) is 10.8 Å². The van der Waals surface area contributed by atoms with Crippen LogP contribution in [0.2, 0.25) is 0 Å². The van der Waals surface area contributed by atoms with E-state index in [1.54, 1.807) is 0 Å². The van der Waals surface area contributed by atoms with Crippen LogP contribution >= 0.6 is 0 Å². The number of halogens is 1. The highest BCUT2D eigenvalue weighted by molar-refractivity contribution is 5.95. The lowest BCUT2D eigenvalue weighted by Gasteiger charge is -2.41. The molecule has 1 aliphatic rings. The van der Waals surface area contributed by atoms with Crippen molar-refractivity contribution in [3.05, 3.63) is 23.5 Å². The minimum absolute atomic E-state index is 0.0361. The number of carbonyl (C=O) groups is 1. The van der Waals surface area contributed by atoms with Crippen molar-refractivity contribution >= 4 is 17.3 Å². The van der Waals surface area contributed by atoms with Crippen LogP contribution < -0.4 is 10.6 Å². The summed E-state index contributed by atoms with van der Waals surface area (Å²) in [6.07, 6.45) is 3.08. The monoisotopic (exact) mass is 266 g/mol. The molecule has 1 aromatic carbocycles. The van der Waals surface area contributed by atoms with Gasteiger partial charge in [0.25, 0.3) is 0 Å². The number of rotatable bonds is 2. The number of nitrogens with two attached hydrogens (primary N) is 1. The molecule has 4 nitrogen and oxygen atoms in total. The number of carboxylic acids is 1. The van der Waals surface area contributed by atoms with Gasteiger partial charge in [0.1, 0.15) is 5.82 Å². The Labute approximate surface area is 112 Å². The van der Waals surface area contributed by atoms with E-state index in [0.717, 1.165) is 25.3 Å². The van der Waals surface area contributed by atoms with Gasteiger partial charge < -0.3 is 15.7 Å². The van der Waals surface area contributed by atoms with Crippen molar-refractivity contribution in [3.8, 4) is 0 Å². The van der Waals surface area contributed by atoms with Crippen LogP contribution in [0.3, 0.4) is 0 Å². The van der Waals surface area contributed by atoms with Gasteiger partial charge in [-0.3, -0.25) is 0 Å². The summed E-state index contributed by atoms with van der Waals surface area (Å²) in [7, 11) is 0. The third kappa shape index (κ3) is 2.50. The van der Waals surface area contributed by atoms with Crippen LogP contribution in [0.5, 0.6) is 0 Å². The van der Waals surface area contributed by atoms with Gasteiger partial charge in [0.15, 0.2) is 0 Å². The summed E-state index contributed by atoms with van der Waals surface area (Å²) in [6.45, 7) is 4.07. The second-order valence-corrected chi connectivity index (χ2v) is 5.23. The molecule has 104 valence electrons. The maximum Gasteiger partial charge on any atom is 0.337 e. The fraction of sp³-hybridized carbons (Fsp3) is 0.500. The van der Waals surface area contributed by atoms with Crippen molar-refractivity contribution in [3.63, 3.8) is 0 Å². The zero-order chi connectivity index (χ0) is 14.2. The maximum absolute atomic E-state index is 14.1. The molecule has 0 radical (unpaired) electrons. The summed E-state index contributed by atoms with van der Waals surface area (Å²) in [5.74, 6) is -1.58. The lowest BCUT2D eigenvalue weighted by Crippen LogP contribution is -2.44. The molecule has 0 aromatic heterocycles. The standard InChI is InChI=1S/C14H19FN2O2/c1-8-4-3-5-9(2)17(8)13-6-10(14(18)19)12(16)7-11(13)15/h6-9H,3-5,16H2,1-2H3,(H,18,19). The van der Waals surface area contributed by atoms with Crippen molar-refractivity contribution in [2.24, 2.45) is 0 Å². The van der Waals surface area contributed by atoms with Crippen LogP contribution in [0, 0.1) is 5.82 Å². The first-order chi connectivity index (χ1) is 8.91. The average molecular weight is 266 g/mol. The molecule has 2 rings (SSSR count). The Morgan fingerprint density at radius 2 is 1.95 bits per heavy atom. The minimum atomic E-state index is -1.13. The highest BCUT2D eigenvalue weighted by Crippen LogP contribution is 2.33. The van der Waals surface area contributed by atoms with Gasteiger partial charge in [-0.25, -0.2) is 9.18 Å². The number of piperidine rings is 1. The molecule has 2 unspecified atom stereocenters. The topological polar surface area (TPSA) is 66.6 Å². The molecule has 0 spiro atoms. The van der Waals surface area contributed by atoms with Crippen molar-refractivity contribution < 1.29 is 14.3 Å². The van der Waals surface area contributed by atoms with Gasteiger partial charge in [-0.15, -0.1) is 0 Å². The fourth-order valence-electron chi connectivity index (χ4n) is 2.86. The first kappa shape index (κ1) is 13.6. The predicted octanol–water partition coefficient (Wildman–Crippen LogP) is 2.87. The van der Waals surface area contributed by atoms with Crippen molar-refractivity contribution in [1.29, 1.82) is 0 Å². The smallest absolute Gasteiger partial charge is 0.337 e. The minimum Gasteiger partial charge on any atom is -0.478 e. The summed E-state index contributed by atoms with van der Waals surface area (Å²) in [5.41, 5.74) is 5.81. The molecule has 1 saturated heterocycles. The Hall–Kier alpha value is -1.78. The highest BCUT2D eigenvalue weighted by atomic mass is 19.1. The zero-order valence-corrected chi connectivity index (χ0v) is 11.2.